The second-order valence-corrected chi connectivity index (χ2v) is 27.9. The second kappa shape index (κ2) is 10.0. The Morgan fingerprint density at radius 3 is 1.82 bits per heavy atom. The van der Waals surface area contributed by atoms with Crippen molar-refractivity contribution in [3.63, 3.8) is 0 Å². The van der Waals surface area contributed by atoms with Crippen LogP contribution < -0.4 is 21.0 Å². The Bertz CT molecular complexity index is 980. The molecule has 6 fully saturated rings. The summed E-state index contributed by atoms with van der Waals surface area (Å²) in [7, 11) is 3.85. The van der Waals surface area contributed by atoms with Crippen molar-refractivity contribution in [2.24, 2.45) is 35.5 Å². The Morgan fingerprint density at radius 2 is 1.37 bits per heavy atom. The molecule has 0 radical (unpaired) electrons. The molecule has 7 rings (SSSR count). The fourth-order valence-electron chi connectivity index (χ4n) is 10.5. The highest BCUT2D eigenvalue weighted by Crippen LogP contribution is 2.65. The lowest BCUT2D eigenvalue weighted by atomic mass is 9.43. The lowest BCUT2D eigenvalue weighted by Gasteiger charge is -2.63. The Hall–Kier alpha value is 0.434. The first-order valence-corrected chi connectivity index (χ1v) is 24.4. The van der Waals surface area contributed by atoms with Crippen LogP contribution in [0, 0.1) is 35.5 Å². The quantitative estimate of drug-likeness (QED) is 0.320. The van der Waals surface area contributed by atoms with E-state index in [4.69, 9.17) is 0 Å². The van der Waals surface area contributed by atoms with Crippen LogP contribution in [-0.2, 0) is 10.6 Å². The molecule has 6 aliphatic rings. The van der Waals surface area contributed by atoms with Gasteiger partial charge in [-0.05, 0) is 129 Å². The molecule has 2 heterocycles. The van der Waals surface area contributed by atoms with Gasteiger partial charge in [0.25, 0.3) is 0 Å². The van der Waals surface area contributed by atoms with Crippen LogP contribution >= 0.6 is 18.5 Å². The molecule has 0 aromatic heterocycles. The Morgan fingerprint density at radius 1 is 0.842 bits per heavy atom. The lowest BCUT2D eigenvalue weighted by Crippen LogP contribution is -2.60. The van der Waals surface area contributed by atoms with Crippen LogP contribution in [0.3, 0.4) is 0 Å². The molecule has 4 aliphatic carbocycles. The maximum atomic E-state index is 3.80. The second-order valence-electron chi connectivity index (χ2n) is 16.4. The highest BCUT2D eigenvalue weighted by atomic mass is 31.0. The van der Waals surface area contributed by atoms with Crippen LogP contribution in [0.5, 0.6) is 0 Å². The van der Waals surface area contributed by atoms with E-state index >= 15 is 0 Å². The molecular weight excluding hydrogens is 530 g/mol. The van der Waals surface area contributed by atoms with Gasteiger partial charge in [0.1, 0.15) is 0 Å². The molecule has 38 heavy (non-hydrogen) atoms. The summed E-state index contributed by atoms with van der Waals surface area (Å²) in [4.78, 5) is 0. The molecule has 7 atom stereocenters. The third-order valence-electron chi connectivity index (χ3n) is 12.0. The number of hydrogen-bond acceptors (Lipinski definition) is 2. The van der Waals surface area contributed by atoms with Crippen LogP contribution in [0.4, 0.5) is 0 Å². The van der Waals surface area contributed by atoms with E-state index in [0.717, 1.165) is 23.7 Å². The molecule has 1 aromatic rings. The first kappa shape index (κ1) is 28.5. The van der Waals surface area contributed by atoms with Gasteiger partial charge in [-0.15, -0.1) is 18.5 Å². The number of benzene rings is 1. The van der Waals surface area contributed by atoms with Crippen LogP contribution in [-0.4, -0.2) is 48.5 Å². The molecule has 7 unspecified atom stereocenters. The monoisotopic (exact) mass is 586 g/mol. The predicted molar refractivity (Wildman–Crippen MR) is 179 cm³/mol. The van der Waals surface area contributed by atoms with Crippen LogP contribution in [0.15, 0.2) is 12.1 Å². The van der Waals surface area contributed by atoms with Gasteiger partial charge in [0.15, 0.2) is 0 Å². The van der Waals surface area contributed by atoms with E-state index < -0.39 is 16.1 Å². The molecule has 2 saturated heterocycles. The summed E-state index contributed by atoms with van der Waals surface area (Å²) in [5.41, 5.74) is 4.06. The minimum absolute atomic E-state index is 0.170. The van der Waals surface area contributed by atoms with Crippen LogP contribution in [0.1, 0.15) is 56.1 Å². The first-order chi connectivity index (χ1) is 17.9. The number of hydrogen-bond donors (Lipinski definition) is 2. The van der Waals surface area contributed by atoms with Gasteiger partial charge in [-0.25, -0.2) is 0 Å². The molecule has 2 N–H and O–H groups in total. The summed E-state index contributed by atoms with van der Waals surface area (Å²) in [6, 6.07) is 5.83. The maximum Gasteiger partial charge on any atom is 0.0774 e. The summed E-state index contributed by atoms with van der Waals surface area (Å²) in [5, 5.41) is 11.4. The zero-order valence-electron chi connectivity index (χ0n) is 25.3. The predicted octanol–water partition coefficient (Wildman–Crippen LogP) is 5.64. The van der Waals surface area contributed by atoms with E-state index in [1.54, 1.807) is 10.8 Å². The van der Waals surface area contributed by atoms with E-state index in [9.17, 15) is 0 Å². The third kappa shape index (κ3) is 4.54. The first-order valence-electron chi connectivity index (χ1n) is 16.0. The number of rotatable bonds is 7. The van der Waals surface area contributed by atoms with E-state index in [0.29, 0.717) is 17.3 Å². The minimum Gasteiger partial charge on any atom is -0.316 e. The SMILES string of the molecule is C[Si](C)(C)c1cc(C23CC4CC(CC(C4)C2CP)C3)c(C(P)(C2CCNC2)C2CCNC2)cc1[Si](C)(C)C. The van der Waals surface area contributed by atoms with Crippen molar-refractivity contribution in [1.29, 1.82) is 0 Å². The molecule has 0 spiro atoms. The zero-order chi connectivity index (χ0) is 27.1. The highest BCUT2D eigenvalue weighted by molar-refractivity contribution is 7.18. The van der Waals surface area contributed by atoms with Crippen LogP contribution in [0.2, 0.25) is 39.3 Å². The average molecular weight is 587 g/mol. The van der Waals surface area contributed by atoms with Crippen molar-refractivity contribution in [2.75, 3.05) is 32.3 Å². The van der Waals surface area contributed by atoms with Gasteiger partial charge in [-0.2, -0.15) is 0 Å². The van der Waals surface area contributed by atoms with E-state index in [1.165, 1.54) is 77.3 Å². The van der Waals surface area contributed by atoms with Crippen molar-refractivity contribution in [2.45, 2.75) is 94.8 Å². The molecule has 4 saturated carbocycles. The van der Waals surface area contributed by atoms with Crippen molar-refractivity contribution in [3.05, 3.63) is 23.3 Å². The van der Waals surface area contributed by atoms with Crippen molar-refractivity contribution < 1.29 is 0 Å². The average Bonchev–Trinajstić information content (AvgIpc) is 3.56. The zero-order valence-corrected chi connectivity index (χ0v) is 29.6. The maximum absolute atomic E-state index is 3.80. The topological polar surface area (TPSA) is 24.1 Å². The highest BCUT2D eigenvalue weighted by Gasteiger charge is 2.59. The summed E-state index contributed by atoms with van der Waals surface area (Å²) in [6.45, 7) is 20.5. The van der Waals surface area contributed by atoms with Crippen molar-refractivity contribution in [3.8, 4) is 0 Å². The fraction of sp³-hybridized carbons (Fsp3) is 0.812. The van der Waals surface area contributed by atoms with Gasteiger partial charge >= 0.3 is 0 Å². The third-order valence-corrected chi connectivity index (χ3v) is 18.1. The normalized spacial score (nSPS) is 38.6. The molecule has 0 amide bonds. The van der Waals surface area contributed by atoms with Crippen molar-refractivity contribution >= 4 is 45.0 Å². The van der Waals surface area contributed by atoms with Gasteiger partial charge in [-0.1, -0.05) is 61.8 Å². The molecular formula is C32H56N2P2Si2. The Balaban J connectivity index is 1.65. The lowest BCUT2D eigenvalue weighted by molar-refractivity contribution is -0.0525. The minimum atomic E-state index is -1.52. The molecule has 2 aliphatic heterocycles. The fourth-order valence-corrected chi connectivity index (χ4v) is 17.3. The van der Waals surface area contributed by atoms with E-state index in [-0.39, 0.29) is 5.16 Å². The summed E-state index contributed by atoms with van der Waals surface area (Å²) in [6.07, 6.45) is 11.4. The van der Waals surface area contributed by atoms with E-state index in [2.05, 4.69) is 80.5 Å². The van der Waals surface area contributed by atoms with Gasteiger partial charge in [0.05, 0.1) is 16.1 Å². The summed E-state index contributed by atoms with van der Waals surface area (Å²) >= 11 is 0. The largest absolute Gasteiger partial charge is 0.316 e. The van der Waals surface area contributed by atoms with Gasteiger partial charge in [0.2, 0.25) is 0 Å². The molecule has 1 aromatic carbocycles. The van der Waals surface area contributed by atoms with Crippen LogP contribution in [0.25, 0.3) is 0 Å². The summed E-state index contributed by atoms with van der Waals surface area (Å²) < 4.78 is 0. The smallest absolute Gasteiger partial charge is 0.0774 e. The molecule has 4 bridgehead atoms. The van der Waals surface area contributed by atoms with E-state index in [1.807, 2.05) is 10.8 Å². The number of nitrogens with one attached hydrogen (secondary N) is 2. The molecule has 6 heteroatoms. The van der Waals surface area contributed by atoms with Crippen molar-refractivity contribution in [1.82, 2.24) is 10.6 Å². The van der Waals surface area contributed by atoms with Gasteiger partial charge < -0.3 is 10.6 Å². The Kier molecular flexibility index (Phi) is 7.53. The van der Waals surface area contributed by atoms with Gasteiger partial charge in [-0.3, -0.25) is 0 Å². The Labute approximate surface area is 240 Å². The molecule has 2 nitrogen and oxygen atoms in total. The standard InChI is InChI=1S/C32H56N2P2Si2/c1-37(2,3)29-14-26(31-16-21-11-22(17-31)13-23(12-21)28(31)20-35)27(15-30(29)38(4,5)6)32(36,24-7-9-33-18-24)25-8-10-34-19-25/h14-15,21-25,28,33-34H,7-13,16-20,35-36H2,1-6H3. The molecule has 212 valence electrons. The summed E-state index contributed by atoms with van der Waals surface area (Å²) in [5.74, 6) is 5.18. The van der Waals surface area contributed by atoms with Gasteiger partial charge in [0, 0.05) is 5.16 Å².